The smallest absolute Gasteiger partial charge is 0.106 e. The minimum Gasteiger partial charge on any atom is -0.332 e. The van der Waals surface area contributed by atoms with E-state index in [4.69, 9.17) is 4.98 Å². The van der Waals surface area contributed by atoms with Crippen molar-refractivity contribution in [3.05, 3.63) is 17.2 Å². The molecule has 0 aromatic carbocycles. The largest absolute Gasteiger partial charge is 0.332 e. The second kappa shape index (κ2) is 5.03. The normalized spacial score (nSPS) is 17.2. The Balaban J connectivity index is 2.16. The molecule has 0 saturated heterocycles. The second-order valence-electron chi connectivity index (χ2n) is 5.26. The lowest BCUT2D eigenvalue weighted by atomic mass is 10.0. The highest BCUT2D eigenvalue weighted by atomic mass is 15.1. The molecule has 0 aliphatic heterocycles. The van der Waals surface area contributed by atoms with Gasteiger partial charge in [-0.3, -0.25) is 0 Å². The lowest BCUT2D eigenvalue weighted by molar-refractivity contribution is 0.429. The number of rotatable bonds is 4. The van der Waals surface area contributed by atoms with E-state index in [0.29, 0.717) is 0 Å². The van der Waals surface area contributed by atoms with Gasteiger partial charge in [0.25, 0.3) is 0 Å². The van der Waals surface area contributed by atoms with Crippen LogP contribution in [0.15, 0.2) is 0 Å². The molecule has 0 bridgehead atoms. The summed E-state index contributed by atoms with van der Waals surface area (Å²) in [4.78, 5) is 4.73. The summed E-state index contributed by atoms with van der Waals surface area (Å²) in [5.41, 5.74) is 2.92. The maximum Gasteiger partial charge on any atom is 0.106 e. The van der Waals surface area contributed by atoms with Gasteiger partial charge in [0.05, 0.1) is 5.69 Å². The molecule has 1 aliphatic rings. The highest BCUT2D eigenvalue weighted by Gasteiger charge is 2.18. The Labute approximate surface area is 99.1 Å². The summed E-state index contributed by atoms with van der Waals surface area (Å²) in [6.07, 6.45) is 7.73. The molecule has 1 aromatic rings. The van der Waals surface area contributed by atoms with Crippen LogP contribution in [-0.2, 0) is 19.4 Å². The predicted molar refractivity (Wildman–Crippen MR) is 67.7 cm³/mol. The van der Waals surface area contributed by atoms with Crippen LogP contribution in [0.4, 0.5) is 0 Å². The Morgan fingerprint density at radius 1 is 1.31 bits per heavy atom. The standard InChI is InChI=1S/C14H24N2/c1-4-7-11(2)10-16-12(3)15-13-8-5-6-9-14(13)16/h11H,4-10H2,1-3H3. The van der Waals surface area contributed by atoms with E-state index >= 15 is 0 Å². The summed E-state index contributed by atoms with van der Waals surface area (Å²) in [5, 5.41) is 0. The number of aryl methyl sites for hydroxylation is 2. The molecule has 2 rings (SSSR count). The van der Waals surface area contributed by atoms with Crippen LogP contribution in [-0.4, -0.2) is 9.55 Å². The van der Waals surface area contributed by atoms with Gasteiger partial charge in [-0.05, 0) is 44.9 Å². The van der Waals surface area contributed by atoms with Crippen molar-refractivity contribution >= 4 is 0 Å². The molecule has 0 radical (unpaired) electrons. The number of fused-ring (bicyclic) bond motifs is 1. The van der Waals surface area contributed by atoms with E-state index in [0.717, 1.165) is 5.92 Å². The van der Waals surface area contributed by atoms with Crippen molar-refractivity contribution in [3.63, 3.8) is 0 Å². The molecule has 90 valence electrons. The topological polar surface area (TPSA) is 17.8 Å². The molecule has 0 N–H and O–H groups in total. The minimum absolute atomic E-state index is 0.781. The van der Waals surface area contributed by atoms with E-state index in [-0.39, 0.29) is 0 Å². The highest BCUT2D eigenvalue weighted by Crippen LogP contribution is 2.23. The monoisotopic (exact) mass is 220 g/mol. The maximum absolute atomic E-state index is 4.73. The van der Waals surface area contributed by atoms with Gasteiger partial charge in [0, 0.05) is 12.2 Å². The van der Waals surface area contributed by atoms with Crippen molar-refractivity contribution in [2.24, 2.45) is 5.92 Å². The molecule has 0 spiro atoms. The van der Waals surface area contributed by atoms with Gasteiger partial charge in [-0.2, -0.15) is 0 Å². The molecule has 1 unspecified atom stereocenters. The van der Waals surface area contributed by atoms with Gasteiger partial charge in [-0.1, -0.05) is 20.3 Å². The van der Waals surface area contributed by atoms with Crippen molar-refractivity contribution in [3.8, 4) is 0 Å². The first-order valence-electron chi connectivity index (χ1n) is 6.77. The zero-order valence-corrected chi connectivity index (χ0v) is 10.9. The van der Waals surface area contributed by atoms with E-state index in [1.165, 1.54) is 62.3 Å². The van der Waals surface area contributed by atoms with Gasteiger partial charge >= 0.3 is 0 Å². The molecule has 1 heterocycles. The van der Waals surface area contributed by atoms with Crippen LogP contribution >= 0.6 is 0 Å². The first-order chi connectivity index (χ1) is 7.72. The van der Waals surface area contributed by atoms with Crippen LogP contribution in [0, 0.1) is 12.8 Å². The first-order valence-corrected chi connectivity index (χ1v) is 6.77. The first kappa shape index (κ1) is 11.7. The number of imidazole rings is 1. The molecule has 1 atom stereocenters. The SMILES string of the molecule is CCCC(C)Cn1c(C)nc2c1CCCC2. The third-order valence-electron chi connectivity index (χ3n) is 3.70. The Hall–Kier alpha value is -0.790. The molecule has 1 aliphatic carbocycles. The molecular weight excluding hydrogens is 196 g/mol. The molecule has 2 nitrogen and oxygen atoms in total. The van der Waals surface area contributed by atoms with Crippen molar-refractivity contribution in [2.75, 3.05) is 0 Å². The quantitative estimate of drug-likeness (QED) is 0.759. The summed E-state index contributed by atoms with van der Waals surface area (Å²) in [5.74, 6) is 2.01. The van der Waals surface area contributed by atoms with E-state index in [1.54, 1.807) is 0 Å². The molecule has 0 amide bonds. The summed E-state index contributed by atoms with van der Waals surface area (Å²) in [7, 11) is 0. The van der Waals surface area contributed by atoms with Gasteiger partial charge < -0.3 is 4.57 Å². The average Bonchev–Trinajstić information content (AvgIpc) is 2.56. The molecule has 16 heavy (non-hydrogen) atoms. The predicted octanol–water partition coefficient (Wildman–Crippen LogP) is 3.51. The lowest BCUT2D eigenvalue weighted by Crippen LogP contribution is -2.14. The third kappa shape index (κ3) is 2.31. The van der Waals surface area contributed by atoms with Crippen LogP contribution in [0.3, 0.4) is 0 Å². The maximum atomic E-state index is 4.73. The third-order valence-corrected chi connectivity index (χ3v) is 3.70. The number of hydrogen-bond donors (Lipinski definition) is 0. The fourth-order valence-corrected chi connectivity index (χ4v) is 2.87. The van der Waals surface area contributed by atoms with Crippen LogP contribution in [0.2, 0.25) is 0 Å². The van der Waals surface area contributed by atoms with Crippen LogP contribution < -0.4 is 0 Å². The van der Waals surface area contributed by atoms with Crippen molar-refractivity contribution < 1.29 is 0 Å². The van der Waals surface area contributed by atoms with Crippen LogP contribution in [0.1, 0.15) is 56.7 Å². The van der Waals surface area contributed by atoms with Gasteiger partial charge in [-0.25, -0.2) is 4.98 Å². The molecular formula is C14H24N2. The molecule has 2 heteroatoms. The summed E-state index contributed by atoms with van der Waals surface area (Å²) in [6.45, 7) is 7.96. The van der Waals surface area contributed by atoms with Gasteiger partial charge in [0.2, 0.25) is 0 Å². The number of nitrogens with zero attached hydrogens (tertiary/aromatic N) is 2. The molecule has 0 saturated carbocycles. The van der Waals surface area contributed by atoms with Gasteiger partial charge in [0.1, 0.15) is 5.82 Å². The number of aromatic nitrogens is 2. The number of hydrogen-bond acceptors (Lipinski definition) is 1. The van der Waals surface area contributed by atoms with Crippen LogP contribution in [0.25, 0.3) is 0 Å². The zero-order chi connectivity index (χ0) is 11.5. The fraction of sp³-hybridized carbons (Fsp3) is 0.786. The van der Waals surface area contributed by atoms with E-state index in [1.807, 2.05) is 0 Å². The fourth-order valence-electron chi connectivity index (χ4n) is 2.87. The Morgan fingerprint density at radius 2 is 2.06 bits per heavy atom. The zero-order valence-electron chi connectivity index (χ0n) is 10.9. The minimum atomic E-state index is 0.781. The van der Waals surface area contributed by atoms with E-state index < -0.39 is 0 Å². The summed E-state index contributed by atoms with van der Waals surface area (Å²) in [6, 6.07) is 0. The second-order valence-corrected chi connectivity index (χ2v) is 5.26. The average molecular weight is 220 g/mol. The lowest BCUT2D eigenvalue weighted by Gasteiger charge is -2.18. The van der Waals surface area contributed by atoms with E-state index in [9.17, 15) is 0 Å². The van der Waals surface area contributed by atoms with Crippen molar-refractivity contribution in [1.82, 2.24) is 9.55 Å². The van der Waals surface area contributed by atoms with Crippen molar-refractivity contribution in [2.45, 2.75) is 65.8 Å². The summed E-state index contributed by atoms with van der Waals surface area (Å²) < 4.78 is 2.48. The molecule has 1 aromatic heterocycles. The van der Waals surface area contributed by atoms with Crippen LogP contribution in [0.5, 0.6) is 0 Å². The van der Waals surface area contributed by atoms with Gasteiger partial charge in [-0.15, -0.1) is 0 Å². The highest BCUT2D eigenvalue weighted by molar-refractivity contribution is 5.19. The van der Waals surface area contributed by atoms with E-state index in [2.05, 4.69) is 25.3 Å². The van der Waals surface area contributed by atoms with Gasteiger partial charge in [0.15, 0.2) is 0 Å². The Morgan fingerprint density at radius 3 is 2.81 bits per heavy atom. The Bertz CT molecular complexity index is 352. The van der Waals surface area contributed by atoms with Crippen molar-refractivity contribution in [1.29, 1.82) is 0 Å². The molecule has 0 fully saturated rings. The Kier molecular flexibility index (Phi) is 3.67. The summed E-state index contributed by atoms with van der Waals surface area (Å²) >= 11 is 0.